The van der Waals surface area contributed by atoms with Crippen LogP contribution < -0.4 is 0 Å². The minimum atomic E-state index is 0.200. The van der Waals surface area contributed by atoms with Crippen LogP contribution in [0.2, 0.25) is 0 Å². The van der Waals surface area contributed by atoms with E-state index in [4.69, 9.17) is 5.11 Å². The molecule has 0 atom stereocenters. The molecular formula is C11H23NO2. The molecule has 0 aromatic carbocycles. The highest BCUT2D eigenvalue weighted by Gasteiger charge is 2.12. The van der Waals surface area contributed by atoms with E-state index in [-0.39, 0.29) is 6.61 Å². The molecule has 0 aromatic rings. The summed E-state index contributed by atoms with van der Waals surface area (Å²) < 4.78 is 0. The van der Waals surface area contributed by atoms with Crippen LogP contribution in [0.3, 0.4) is 0 Å². The van der Waals surface area contributed by atoms with Crippen LogP contribution in [0.15, 0.2) is 0 Å². The van der Waals surface area contributed by atoms with Crippen LogP contribution >= 0.6 is 0 Å². The number of aliphatic hydroxyl groups is 1. The van der Waals surface area contributed by atoms with Gasteiger partial charge in [0.15, 0.2) is 0 Å². The molecule has 0 aliphatic rings. The van der Waals surface area contributed by atoms with Crippen LogP contribution in [0.25, 0.3) is 0 Å². The van der Waals surface area contributed by atoms with E-state index in [0.29, 0.717) is 24.8 Å². The van der Waals surface area contributed by atoms with Gasteiger partial charge in [-0.25, -0.2) is 0 Å². The quantitative estimate of drug-likeness (QED) is 0.646. The normalized spacial score (nSPS) is 11.3. The van der Waals surface area contributed by atoms with E-state index in [1.165, 1.54) is 0 Å². The number of hydrogen-bond acceptors (Lipinski definition) is 3. The lowest BCUT2D eigenvalue weighted by Gasteiger charge is -2.25. The highest BCUT2D eigenvalue weighted by atomic mass is 16.3. The minimum Gasteiger partial charge on any atom is -0.396 e. The predicted molar refractivity (Wildman–Crippen MR) is 58.3 cm³/mol. The molecule has 0 fully saturated rings. The van der Waals surface area contributed by atoms with Gasteiger partial charge in [-0.1, -0.05) is 6.92 Å². The van der Waals surface area contributed by atoms with Crippen LogP contribution in [-0.2, 0) is 4.79 Å². The molecule has 14 heavy (non-hydrogen) atoms. The first-order valence-electron chi connectivity index (χ1n) is 5.48. The molecule has 0 unspecified atom stereocenters. The van der Waals surface area contributed by atoms with Gasteiger partial charge in [-0.2, -0.15) is 0 Å². The van der Waals surface area contributed by atoms with Crippen molar-refractivity contribution in [2.75, 3.05) is 19.7 Å². The Balaban J connectivity index is 3.89. The number of hydrogen-bond donors (Lipinski definition) is 1. The van der Waals surface area contributed by atoms with Crippen LogP contribution in [0, 0.1) is 0 Å². The smallest absolute Gasteiger partial charge is 0.146 e. The van der Waals surface area contributed by atoms with Gasteiger partial charge in [0.05, 0.1) is 6.54 Å². The predicted octanol–water partition coefficient (Wildman–Crippen LogP) is 1.45. The zero-order valence-electron chi connectivity index (χ0n) is 9.62. The van der Waals surface area contributed by atoms with Gasteiger partial charge in [0.2, 0.25) is 0 Å². The van der Waals surface area contributed by atoms with Gasteiger partial charge in [0, 0.05) is 25.6 Å². The SMILES string of the molecule is CCCC(=O)CN(CCCO)C(C)C. The number of ketones is 1. The maximum absolute atomic E-state index is 11.4. The van der Waals surface area contributed by atoms with E-state index in [2.05, 4.69) is 18.7 Å². The molecule has 0 rings (SSSR count). The highest BCUT2D eigenvalue weighted by Crippen LogP contribution is 2.01. The number of rotatable bonds is 8. The maximum atomic E-state index is 11.4. The molecule has 0 spiro atoms. The fourth-order valence-electron chi connectivity index (χ4n) is 1.38. The number of aliphatic hydroxyl groups excluding tert-OH is 1. The van der Waals surface area contributed by atoms with Gasteiger partial charge < -0.3 is 5.11 Å². The molecule has 0 aromatic heterocycles. The molecule has 0 heterocycles. The first-order chi connectivity index (χ1) is 6.61. The number of nitrogens with zero attached hydrogens (tertiary/aromatic N) is 1. The molecule has 1 N–H and O–H groups in total. The second kappa shape index (κ2) is 7.94. The molecule has 0 radical (unpaired) electrons. The van der Waals surface area contributed by atoms with E-state index >= 15 is 0 Å². The first-order valence-corrected chi connectivity index (χ1v) is 5.48. The largest absolute Gasteiger partial charge is 0.396 e. The highest BCUT2D eigenvalue weighted by molar-refractivity contribution is 5.80. The van der Waals surface area contributed by atoms with Gasteiger partial charge in [0.1, 0.15) is 5.78 Å². The van der Waals surface area contributed by atoms with E-state index < -0.39 is 0 Å². The molecule has 0 aliphatic heterocycles. The molecule has 84 valence electrons. The average Bonchev–Trinajstić information content (AvgIpc) is 2.12. The molecule has 3 nitrogen and oxygen atoms in total. The summed E-state index contributed by atoms with van der Waals surface area (Å²) in [4.78, 5) is 13.5. The van der Waals surface area contributed by atoms with Crippen LogP contribution in [-0.4, -0.2) is 41.5 Å². The fourth-order valence-corrected chi connectivity index (χ4v) is 1.38. The maximum Gasteiger partial charge on any atom is 0.146 e. The van der Waals surface area contributed by atoms with Crippen molar-refractivity contribution in [2.24, 2.45) is 0 Å². The summed E-state index contributed by atoms with van der Waals surface area (Å²) in [6.45, 7) is 7.72. The number of carbonyl (C=O) groups is 1. The summed E-state index contributed by atoms with van der Waals surface area (Å²) in [7, 11) is 0. The van der Waals surface area contributed by atoms with Crippen molar-refractivity contribution in [2.45, 2.75) is 46.1 Å². The molecule has 0 aliphatic carbocycles. The molecule has 0 saturated heterocycles. The van der Waals surface area contributed by atoms with E-state index in [1.54, 1.807) is 0 Å². The Kier molecular flexibility index (Phi) is 7.71. The van der Waals surface area contributed by atoms with Crippen molar-refractivity contribution in [3.05, 3.63) is 0 Å². The zero-order chi connectivity index (χ0) is 11.0. The Morgan fingerprint density at radius 3 is 2.50 bits per heavy atom. The van der Waals surface area contributed by atoms with Crippen LogP contribution in [0.1, 0.15) is 40.0 Å². The molecule has 0 saturated carbocycles. The fraction of sp³-hybridized carbons (Fsp3) is 0.909. The van der Waals surface area contributed by atoms with Gasteiger partial charge in [-0.3, -0.25) is 9.69 Å². The monoisotopic (exact) mass is 201 g/mol. The Hall–Kier alpha value is -0.410. The summed E-state index contributed by atoms with van der Waals surface area (Å²) >= 11 is 0. The Morgan fingerprint density at radius 1 is 1.43 bits per heavy atom. The summed E-state index contributed by atoms with van der Waals surface area (Å²) in [6, 6.07) is 0.377. The van der Waals surface area contributed by atoms with Crippen molar-refractivity contribution in [3.63, 3.8) is 0 Å². The second-order valence-electron chi connectivity index (χ2n) is 3.93. The lowest BCUT2D eigenvalue weighted by Crippen LogP contribution is -2.36. The summed E-state index contributed by atoms with van der Waals surface area (Å²) in [6.07, 6.45) is 2.34. The van der Waals surface area contributed by atoms with Gasteiger partial charge in [0.25, 0.3) is 0 Å². The van der Waals surface area contributed by atoms with Crippen molar-refractivity contribution >= 4 is 5.78 Å². The number of carbonyl (C=O) groups excluding carboxylic acids is 1. The summed E-state index contributed by atoms with van der Waals surface area (Å²) in [5.41, 5.74) is 0. The van der Waals surface area contributed by atoms with E-state index in [0.717, 1.165) is 19.4 Å². The molecular weight excluding hydrogens is 178 g/mol. The topological polar surface area (TPSA) is 40.5 Å². The number of Topliss-reactive ketones (excluding diaryl/α,β-unsaturated/α-hetero) is 1. The zero-order valence-corrected chi connectivity index (χ0v) is 9.62. The van der Waals surface area contributed by atoms with Gasteiger partial charge in [-0.05, 0) is 26.7 Å². The lowest BCUT2D eigenvalue weighted by molar-refractivity contribution is -0.120. The first kappa shape index (κ1) is 13.6. The van der Waals surface area contributed by atoms with Crippen LogP contribution in [0.5, 0.6) is 0 Å². The molecule has 0 amide bonds. The summed E-state index contributed by atoms with van der Waals surface area (Å²) in [5.74, 6) is 0.305. The lowest BCUT2D eigenvalue weighted by atomic mass is 10.2. The van der Waals surface area contributed by atoms with Crippen molar-refractivity contribution in [1.29, 1.82) is 0 Å². The second-order valence-corrected chi connectivity index (χ2v) is 3.93. The Morgan fingerprint density at radius 2 is 2.07 bits per heavy atom. The van der Waals surface area contributed by atoms with E-state index in [9.17, 15) is 4.79 Å². The standard InChI is InChI=1S/C11H23NO2/c1-4-6-11(14)9-12(10(2)3)7-5-8-13/h10,13H,4-9H2,1-3H3. The van der Waals surface area contributed by atoms with Crippen molar-refractivity contribution in [3.8, 4) is 0 Å². The third-order valence-corrected chi connectivity index (χ3v) is 2.24. The average molecular weight is 201 g/mol. The van der Waals surface area contributed by atoms with E-state index in [1.807, 2.05) is 6.92 Å². The van der Waals surface area contributed by atoms with Crippen molar-refractivity contribution in [1.82, 2.24) is 4.90 Å². The molecule has 3 heteroatoms. The minimum absolute atomic E-state index is 0.200. The Bertz CT molecular complexity index is 157. The third-order valence-electron chi connectivity index (χ3n) is 2.24. The molecule has 0 bridgehead atoms. The third kappa shape index (κ3) is 6.11. The van der Waals surface area contributed by atoms with Crippen LogP contribution in [0.4, 0.5) is 0 Å². The van der Waals surface area contributed by atoms with Crippen molar-refractivity contribution < 1.29 is 9.90 Å². The Labute approximate surface area is 87.1 Å². The van der Waals surface area contributed by atoms with Gasteiger partial charge in [-0.15, -0.1) is 0 Å². The van der Waals surface area contributed by atoms with Gasteiger partial charge >= 0.3 is 0 Å². The summed E-state index contributed by atoms with van der Waals surface area (Å²) in [5, 5.41) is 8.72.